The number of halogens is 1. The van der Waals surface area contributed by atoms with Crippen molar-refractivity contribution in [2.24, 2.45) is 0 Å². The first-order valence-electron chi connectivity index (χ1n) is 5.61. The SMILES string of the molecule is Cc1ccc(C(=O)Oc2ccc(Cl)cc2)cc1C. The molecule has 0 aliphatic rings. The summed E-state index contributed by atoms with van der Waals surface area (Å²) in [5, 5.41) is 0.612. The van der Waals surface area contributed by atoms with Crippen molar-refractivity contribution in [2.45, 2.75) is 13.8 Å². The van der Waals surface area contributed by atoms with Gasteiger partial charge in [0.25, 0.3) is 0 Å². The van der Waals surface area contributed by atoms with Gasteiger partial charge in [0, 0.05) is 5.02 Å². The Hall–Kier alpha value is -1.80. The normalized spacial score (nSPS) is 10.2. The summed E-state index contributed by atoms with van der Waals surface area (Å²) in [5.41, 5.74) is 2.77. The van der Waals surface area contributed by atoms with E-state index in [-0.39, 0.29) is 5.97 Å². The average molecular weight is 261 g/mol. The van der Waals surface area contributed by atoms with E-state index in [0.717, 1.165) is 11.1 Å². The molecule has 2 aromatic carbocycles. The molecule has 0 amide bonds. The number of carbonyl (C=O) groups is 1. The van der Waals surface area contributed by atoms with Gasteiger partial charge in [-0.3, -0.25) is 0 Å². The highest BCUT2D eigenvalue weighted by atomic mass is 35.5. The third-order valence-electron chi connectivity index (χ3n) is 2.77. The molecule has 2 aromatic rings. The van der Waals surface area contributed by atoms with Gasteiger partial charge in [-0.2, -0.15) is 0 Å². The monoisotopic (exact) mass is 260 g/mol. The lowest BCUT2D eigenvalue weighted by Crippen LogP contribution is -2.08. The van der Waals surface area contributed by atoms with Gasteiger partial charge in [0.1, 0.15) is 5.75 Å². The van der Waals surface area contributed by atoms with E-state index in [9.17, 15) is 4.79 Å². The van der Waals surface area contributed by atoms with Gasteiger partial charge in [-0.15, -0.1) is 0 Å². The summed E-state index contributed by atoms with van der Waals surface area (Å²) < 4.78 is 5.25. The van der Waals surface area contributed by atoms with Gasteiger partial charge in [-0.05, 0) is 61.4 Å². The van der Waals surface area contributed by atoms with Crippen LogP contribution in [0.25, 0.3) is 0 Å². The molecule has 0 bridgehead atoms. The molecule has 0 atom stereocenters. The molecule has 0 aliphatic carbocycles. The van der Waals surface area contributed by atoms with Crippen LogP contribution in [0.15, 0.2) is 42.5 Å². The van der Waals surface area contributed by atoms with Crippen molar-refractivity contribution >= 4 is 17.6 Å². The van der Waals surface area contributed by atoms with Crippen molar-refractivity contribution in [1.29, 1.82) is 0 Å². The molecule has 0 N–H and O–H groups in total. The molecule has 0 spiro atoms. The van der Waals surface area contributed by atoms with E-state index in [2.05, 4.69) is 0 Å². The van der Waals surface area contributed by atoms with E-state index >= 15 is 0 Å². The van der Waals surface area contributed by atoms with Crippen LogP contribution in [-0.2, 0) is 0 Å². The number of ether oxygens (including phenoxy) is 1. The first-order chi connectivity index (χ1) is 8.56. The zero-order chi connectivity index (χ0) is 13.1. The lowest BCUT2D eigenvalue weighted by atomic mass is 10.1. The van der Waals surface area contributed by atoms with E-state index in [1.165, 1.54) is 0 Å². The molecule has 0 heterocycles. The van der Waals surface area contributed by atoms with Gasteiger partial charge in [0.05, 0.1) is 5.56 Å². The largest absolute Gasteiger partial charge is 0.423 e. The number of aryl methyl sites for hydroxylation is 2. The van der Waals surface area contributed by atoms with Crippen molar-refractivity contribution < 1.29 is 9.53 Å². The summed E-state index contributed by atoms with van der Waals surface area (Å²) in [6, 6.07) is 12.2. The predicted molar refractivity (Wildman–Crippen MR) is 72.3 cm³/mol. The first kappa shape index (κ1) is 12.7. The van der Waals surface area contributed by atoms with Crippen LogP contribution in [-0.4, -0.2) is 5.97 Å². The number of rotatable bonds is 2. The van der Waals surface area contributed by atoms with E-state index in [1.807, 2.05) is 26.0 Å². The summed E-state index contributed by atoms with van der Waals surface area (Å²) in [5.74, 6) is 0.128. The van der Waals surface area contributed by atoms with Crippen LogP contribution in [0.2, 0.25) is 5.02 Å². The lowest BCUT2D eigenvalue weighted by molar-refractivity contribution is 0.0734. The number of hydrogen-bond donors (Lipinski definition) is 0. The zero-order valence-electron chi connectivity index (χ0n) is 10.2. The smallest absolute Gasteiger partial charge is 0.343 e. The molecular weight excluding hydrogens is 248 g/mol. The summed E-state index contributed by atoms with van der Waals surface area (Å²) in [4.78, 5) is 11.9. The Morgan fingerprint density at radius 1 is 1.00 bits per heavy atom. The van der Waals surface area contributed by atoms with Gasteiger partial charge < -0.3 is 4.74 Å². The van der Waals surface area contributed by atoms with Crippen molar-refractivity contribution in [3.8, 4) is 5.75 Å². The fourth-order valence-electron chi connectivity index (χ4n) is 1.54. The van der Waals surface area contributed by atoms with Crippen molar-refractivity contribution in [2.75, 3.05) is 0 Å². The molecule has 0 fully saturated rings. The highest BCUT2D eigenvalue weighted by Crippen LogP contribution is 2.17. The molecule has 92 valence electrons. The quantitative estimate of drug-likeness (QED) is 0.598. The minimum atomic E-state index is -0.361. The number of esters is 1. The summed E-state index contributed by atoms with van der Waals surface area (Å²) in [6.45, 7) is 3.97. The third kappa shape index (κ3) is 2.90. The molecule has 0 radical (unpaired) electrons. The van der Waals surface area contributed by atoms with Crippen LogP contribution in [0.5, 0.6) is 5.75 Å². The Balaban J connectivity index is 2.16. The molecule has 2 nitrogen and oxygen atoms in total. The topological polar surface area (TPSA) is 26.3 Å². The predicted octanol–water partition coefficient (Wildman–Crippen LogP) is 4.18. The van der Waals surface area contributed by atoms with Gasteiger partial charge in [-0.25, -0.2) is 4.79 Å². The van der Waals surface area contributed by atoms with E-state index in [0.29, 0.717) is 16.3 Å². The second-order valence-electron chi connectivity index (χ2n) is 4.14. The van der Waals surface area contributed by atoms with Gasteiger partial charge in [0.2, 0.25) is 0 Å². The van der Waals surface area contributed by atoms with Crippen LogP contribution >= 0.6 is 11.6 Å². The van der Waals surface area contributed by atoms with E-state index < -0.39 is 0 Å². The molecule has 0 aliphatic heterocycles. The minimum Gasteiger partial charge on any atom is -0.423 e. The molecule has 0 aromatic heterocycles. The highest BCUT2D eigenvalue weighted by molar-refractivity contribution is 6.30. The summed E-state index contributed by atoms with van der Waals surface area (Å²) in [7, 11) is 0. The number of carbonyl (C=O) groups excluding carboxylic acids is 1. The van der Waals surface area contributed by atoms with E-state index in [1.54, 1.807) is 30.3 Å². The van der Waals surface area contributed by atoms with Gasteiger partial charge >= 0.3 is 5.97 Å². The van der Waals surface area contributed by atoms with Crippen molar-refractivity contribution in [1.82, 2.24) is 0 Å². The number of hydrogen-bond acceptors (Lipinski definition) is 2. The molecule has 0 saturated carbocycles. The second kappa shape index (κ2) is 5.23. The minimum absolute atomic E-state index is 0.361. The molecule has 0 unspecified atom stereocenters. The van der Waals surface area contributed by atoms with Crippen molar-refractivity contribution in [3.63, 3.8) is 0 Å². The standard InChI is InChI=1S/C15H13ClO2/c1-10-3-4-12(9-11(10)2)15(17)18-14-7-5-13(16)6-8-14/h3-9H,1-2H3. The molecule has 3 heteroatoms. The Morgan fingerprint density at radius 3 is 2.28 bits per heavy atom. The molecule has 2 rings (SSSR count). The van der Waals surface area contributed by atoms with Crippen LogP contribution < -0.4 is 4.74 Å². The van der Waals surface area contributed by atoms with E-state index in [4.69, 9.17) is 16.3 Å². The maximum Gasteiger partial charge on any atom is 0.343 e. The van der Waals surface area contributed by atoms with Crippen LogP contribution in [0.4, 0.5) is 0 Å². The number of benzene rings is 2. The molecular formula is C15H13ClO2. The van der Waals surface area contributed by atoms with Crippen LogP contribution in [0, 0.1) is 13.8 Å². The Kier molecular flexibility index (Phi) is 3.68. The maximum absolute atomic E-state index is 11.9. The second-order valence-corrected chi connectivity index (χ2v) is 4.58. The van der Waals surface area contributed by atoms with Gasteiger partial charge in [-0.1, -0.05) is 17.7 Å². The van der Waals surface area contributed by atoms with Gasteiger partial charge in [0.15, 0.2) is 0 Å². The maximum atomic E-state index is 11.9. The third-order valence-corrected chi connectivity index (χ3v) is 3.02. The zero-order valence-corrected chi connectivity index (χ0v) is 11.0. The molecule has 18 heavy (non-hydrogen) atoms. The summed E-state index contributed by atoms with van der Waals surface area (Å²) in [6.07, 6.45) is 0. The van der Waals surface area contributed by atoms with Crippen LogP contribution in [0.1, 0.15) is 21.5 Å². The van der Waals surface area contributed by atoms with Crippen molar-refractivity contribution in [3.05, 3.63) is 64.2 Å². The summed E-state index contributed by atoms with van der Waals surface area (Å²) >= 11 is 5.76. The first-order valence-corrected chi connectivity index (χ1v) is 5.99. The fourth-order valence-corrected chi connectivity index (χ4v) is 1.66. The van der Waals surface area contributed by atoms with Crippen LogP contribution in [0.3, 0.4) is 0 Å². The Bertz CT molecular complexity index is 574. The average Bonchev–Trinajstić information content (AvgIpc) is 2.35. The Morgan fingerprint density at radius 2 is 1.67 bits per heavy atom. The highest BCUT2D eigenvalue weighted by Gasteiger charge is 2.09. The fraction of sp³-hybridized carbons (Fsp3) is 0.133. The Labute approximate surface area is 111 Å². The molecule has 0 saturated heterocycles. The lowest BCUT2D eigenvalue weighted by Gasteiger charge is -2.06.